The van der Waals surface area contributed by atoms with Gasteiger partial charge in [0.2, 0.25) is 5.79 Å². The molecule has 4 rings (SSSR count). The minimum Gasteiger partial charge on any atom is -0.497 e. The van der Waals surface area contributed by atoms with Gasteiger partial charge in [0.1, 0.15) is 23.2 Å². The topological polar surface area (TPSA) is 80.3 Å². The SMILES string of the molecule is COC(=O)[C@H]1[C@H](C(=O)OC)[C@@]2(c3ccc(OC)cc3)O[C@]1(O[Si](C)(C)C(C)(C)C)c1ccccc12. The third-order valence-corrected chi connectivity index (χ3v) is 12.3. The van der Waals surface area contributed by atoms with Crippen LogP contribution in [-0.2, 0) is 39.6 Å². The van der Waals surface area contributed by atoms with Gasteiger partial charge >= 0.3 is 11.9 Å². The summed E-state index contributed by atoms with van der Waals surface area (Å²) >= 11 is 0. The highest BCUT2D eigenvalue weighted by Gasteiger charge is 2.77. The molecular weight excluding hydrogens is 464 g/mol. The van der Waals surface area contributed by atoms with E-state index in [1.807, 2.05) is 48.5 Å². The fraction of sp³-hybridized carbons (Fsp3) is 0.481. The van der Waals surface area contributed by atoms with Crippen molar-refractivity contribution in [1.82, 2.24) is 0 Å². The Morgan fingerprint density at radius 1 is 0.857 bits per heavy atom. The summed E-state index contributed by atoms with van der Waals surface area (Å²) in [7, 11) is 1.69. The Kier molecular flexibility index (Phi) is 6.14. The molecule has 0 spiro atoms. The average Bonchev–Trinajstić information content (AvgIpc) is 3.29. The number of methoxy groups -OCH3 is 3. The van der Waals surface area contributed by atoms with E-state index in [1.54, 1.807) is 7.11 Å². The van der Waals surface area contributed by atoms with Crippen LogP contribution in [0.1, 0.15) is 37.5 Å². The van der Waals surface area contributed by atoms with Crippen molar-refractivity contribution in [2.24, 2.45) is 11.8 Å². The number of hydrogen-bond donors (Lipinski definition) is 0. The molecule has 8 heteroatoms. The summed E-state index contributed by atoms with van der Waals surface area (Å²) in [5.74, 6) is -4.07. The number of rotatable bonds is 6. The number of carbonyl (C=O) groups excluding carboxylic acids is 2. The number of ether oxygens (including phenoxy) is 4. The fourth-order valence-corrected chi connectivity index (χ4v) is 6.47. The summed E-state index contributed by atoms with van der Waals surface area (Å²) in [6.45, 7) is 10.6. The third kappa shape index (κ3) is 3.53. The Morgan fingerprint density at radius 3 is 1.91 bits per heavy atom. The summed E-state index contributed by atoms with van der Waals surface area (Å²) in [6, 6.07) is 15.0. The molecule has 0 aromatic heterocycles. The zero-order valence-electron chi connectivity index (χ0n) is 21.6. The lowest BCUT2D eigenvalue weighted by Crippen LogP contribution is -2.54. The summed E-state index contributed by atoms with van der Waals surface area (Å²) < 4.78 is 29.8. The molecule has 0 saturated carbocycles. The van der Waals surface area contributed by atoms with Crippen LogP contribution in [0.4, 0.5) is 0 Å². The Bertz CT molecular complexity index is 1140. The van der Waals surface area contributed by atoms with Crippen molar-refractivity contribution in [3.05, 3.63) is 65.2 Å². The van der Waals surface area contributed by atoms with Crippen molar-refractivity contribution in [2.75, 3.05) is 21.3 Å². The second kappa shape index (κ2) is 8.46. The van der Waals surface area contributed by atoms with Crippen LogP contribution < -0.4 is 4.74 Å². The molecule has 0 unspecified atom stereocenters. The maximum absolute atomic E-state index is 13.5. The van der Waals surface area contributed by atoms with E-state index in [0.29, 0.717) is 11.3 Å². The Morgan fingerprint density at radius 2 is 1.40 bits per heavy atom. The van der Waals surface area contributed by atoms with Crippen LogP contribution in [0.25, 0.3) is 0 Å². The number of carbonyl (C=O) groups is 2. The first-order valence-electron chi connectivity index (χ1n) is 11.7. The Labute approximate surface area is 207 Å². The van der Waals surface area contributed by atoms with Gasteiger partial charge in [-0.15, -0.1) is 0 Å². The lowest BCUT2D eigenvalue weighted by atomic mass is 9.65. The summed E-state index contributed by atoms with van der Waals surface area (Å²) in [6.07, 6.45) is 0. The van der Waals surface area contributed by atoms with Gasteiger partial charge in [0.05, 0.1) is 21.3 Å². The summed E-state index contributed by atoms with van der Waals surface area (Å²) in [5, 5.41) is -0.185. The predicted octanol–water partition coefficient (Wildman–Crippen LogP) is 4.74. The zero-order chi connectivity index (χ0) is 25.8. The van der Waals surface area contributed by atoms with Crippen molar-refractivity contribution in [1.29, 1.82) is 0 Å². The first-order chi connectivity index (χ1) is 16.4. The number of benzene rings is 2. The normalized spacial score (nSPS) is 27.3. The molecule has 1 fully saturated rings. The molecule has 35 heavy (non-hydrogen) atoms. The quantitative estimate of drug-likeness (QED) is 0.421. The van der Waals surface area contributed by atoms with Crippen molar-refractivity contribution < 1.29 is 33.0 Å². The second-order valence-electron chi connectivity index (χ2n) is 10.6. The van der Waals surface area contributed by atoms with Gasteiger partial charge in [0.25, 0.3) is 0 Å². The van der Waals surface area contributed by atoms with Crippen LogP contribution in [0.2, 0.25) is 18.1 Å². The van der Waals surface area contributed by atoms with Gasteiger partial charge in [-0.05, 0) is 41.4 Å². The van der Waals surface area contributed by atoms with Gasteiger partial charge < -0.3 is 23.4 Å². The molecule has 4 atom stereocenters. The molecule has 0 N–H and O–H groups in total. The molecule has 2 aliphatic heterocycles. The Balaban J connectivity index is 2.06. The van der Waals surface area contributed by atoms with E-state index in [2.05, 4.69) is 33.9 Å². The van der Waals surface area contributed by atoms with Gasteiger partial charge in [-0.25, -0.2) is 0 Å². The molecule has 2 aliphatic rings. The highest BCUT2D eigenvalue weighted by Crippen LogP contribution is 2.68. The smallest absolute Gasteiger partial charge is 0.315 e. The van der Waals surface area contributed by atoms with E-state index < -0.39 is 43.5 Å². The lowest BCUT2D eigenvalue weighted by Gasteiger charge is -2.45. The van der Waals surface area contributed by atoms with Crippen molar-refractivity contribution in [2.45, 2.75) is 50.3 Å². The standard InChI is InChI=1S/C27H34O7Si/c1-25(2,3)35(7,8)34-27-20-12-10-9-11-19(20)26(33-27,17-13-15-18(30-4)16-14-17)21(23(28)31-5)22(27)24(29)32-6/h9-16,21-22H,1-8H3/t21-,22-,26+,27+/m1/s1. The summed E-state index contributed by atoms with van der Waals surface area (Å²) in [5.41, 5.74) is 0.904. The van der Waals surface area contributed by atoms with E-state index in [1.165, 1.54) is 14.2 Å². The third-order valence-electron chi connectivity index (χ3n) is 7.84. The fourth-order valence-electron chi connectivity index (χ4n) is 5.13. The molecule has 2 aromatic rings. The summed E-state index contributed by atoms with van der Waals surface area (Å²) in [4.78, 5) is 26.9. The molecule has 0 radical (unpaired) electrons. The Hall–Kier alpha value is -2.68. The molecule has 0 amide bonds. The number of fused-ring (bicyclic) bond motifs is 5. The van der Waals surface area contributed by atoms with Crippen LogP contribution in [-0.4, -0.2) is 41.6 Å². The van der Waals surface area contributed by atoms with E-state index in [0.717, 1.165) is 11.1 Å². The largest absolute Gasteiger partial charge is 0.497 e. The monoisotopic (exact) mass is 498 g/mol. The van der Waals surface area contributed by atoms with Crippen LogP contribution in [0.5, 0.6) is 5.75 Å². The van der Waals surface area contributed by atoms with Gasteiger partial charge in [-0.1, -0.05) is 57.2 Å². The molecular formula is C27H34O7Si. The molecule has 2 heterocycles. The van der Waals surface area contributed by atoms with Gasteiger partial charge in [-0.2, -0.15) is 0 Å². The van der Waals surface area contributed by atoms with Gasteiger partial charge in [0.15, 0.2) is 8.32 Å². The van der Waals surface area contributed by atoms with Crippen LogP contribution in [0, 0.1) is 11.8 Å². The van der Waals surface area contributed by atoms with Crippen LogP contribution in [0.15, 0.2) is 48.5 Å². The first kappa shape index (κ1) is 25.4. The van der Waals surface area contributed by atoms with Crippen LogP contribution in [0.3, 0.4) is 0 Å². The highest BCUT2D eigenvalue weighted by molar-refractivity contribution is 6.74. The van der Waals surface area contributed by atoms with E-state index in [4.69, 9.17) is 23.4 Å². The predicted molar refractivity (Wildman–Crippen MR) is 132 cm³/mol. The lowest BCUT2D eigenvalue weighted by molar-refractivity contribution is -0.217. The van der Waals surface area contributed by atoms with Crippen molar-refractivity contribution in [3.63, 3.8) is 0 Å². The highest BCUT2D eigenvalue weighted by atomic mass is 28.4. The maximum atomic E-state index is 13.5. The number of hydrogen-bond acceptors (Lipinski definition) is 7. The minimum atomic E-state index is -2.53. The van der Waals surface area contributed by atoms with Crippen molar-refractivity contribution >= 4 is 20.3 Å². The minimum absolute atomic E-state index is 0.185. The number of esters is 2. The van der Waals surface area contributed by atoms with Gasteiger partial charge in [0, 0.05) is 5.56 Å². The van der Waals surface area contributed by atoms with E-state index in [9.17, 15) is 9.59 Å². The molecule has 0 aliphatic carbocycles. The zero-order valence-corrected chi connectivity index (χ0v) is 22.6. The molecule has 2 bridgehead atoms. The molecule has 1 saturated heterocycles. The second-order valence-corrected chi connectivity index (χ2v) is 15.4. The van der Waals surface area contributed by atoms with E-state index >= 15 is 0 Å². The molecule has 7 nitrogen and oxygen atoms in total. The first-order valence-corrected chi connectivity index (χ1v) is 14.6. The van der Waals surface area contributed by atoms with Crippen LogP contribution >= 0.6 is 0 Å². The molecule has 188 valence electrons. The average molecular weight is 499 g/mol. The van der Waals surface area contributed by atoms with Crippen molar-refractivity contribution in [3.8, 4) is 5.75 Å². The van der Waals surface area contributed by atoms with Gasteiger partial charge in [-0.3, -0.25) is 9.59 Å². The molecule has 2 aromatic carbocycles. The maximum Gasteiger partial charge on any atom is 0.315 e. The van der Waals surface area contributed by atoms with E-state index in [-0.39, 0.29) is 5.04 Å².